The third kappa shape index (κ3) is 5.18. The molecule has 0 saturated carbocycles. The summed E-state index contributed by atoms with van der Waals surface area (Å²) in [5.74, 6) is 6.32. The Labute approximate surface area is 160 Å². The molecule has 1 heterocycles. The molecular weight excluding hydrogens is 340 g/mol. The number of carbonyl (C=O) groups excluding carboxylic acids is 1. The maximum Gasteiger partial charge on any atom is 0.253 e. The van der Waals surface area contributed by atoms with Crippen molar-refractivity contribution in [2.24, 2.45) is 0 Å². The summed E-state index contributed by atoms with van der Waals surface area (Å²) in [6.07, 6.45) is 0. The van der Waals surface area contributed by atoms with E-state index in [1.807, 2.05) is 55.6 Å². The molecule has 140 valence electrons. The molecule has 1 aliphatic heterocycles. The van der Waals surface area contributed by atoms with Crippen molar-refractivity contribution in [3.63, 3.8) is 0 Å². The predicted octanol–water partition coefficient (Wildman–Crippen LogP) is 2.19. The van der Waals surface area contributed by atoms with Gasteiger partial charge < -0.3 is 19.7 Å². The Morgan fingerprint density at radius 3 is 2.56 bits per heavy atom. The smallest absolute Gasteiger partial charge is 0.253 e. The number of carbonyl (C=O) groups is 1. The second-order valence-corrected chi connectivity index (χ2v) is 6.17. The molecule has 3 rings (SSSR count). The Bertz CT molecular complexity index is 839. The third-order valence-electron chi connectivity index (χ3n) is 4.27. The molecule has 0 atom stereocenters. The predicted molar refractivity (Wildman–Crippen MR) is 106 cm³/mol. The Hall–Kier alpha value is -2.65. The highest BCUT2D eigenvalue weighted by molar-refractivity contribution is 5.96. The maximum atomic E-state index is 12.9. The molecule has 1 N–H and O–H groups in total. The largest absolute Gasteiger partial charge is 0.378 e. The quantitative estimate of drug-likeness (QED) is 0.576. The van der Waals surface area contributed by atoms with Gasteiger partial charge >= 0.3 is 0 Å². The fourth-order valence-electron chi connectivity index (χ4n) is 2.84. The zero-order valence-electron chi connectivity index (χ0n) is 15.5. The molecule has 0 aliphatic carbocycles. The average molecular weight is 364 g/mol. The van der Waals surface area contributed by atoms with E-state index in [9.17, 15) is 4.79 Å². The highest BCUT2D eigenvalue weighted by Gasteiger charge is 2.21. The van der Waals surface area contributed by atoms with Crippen molar-refractivity contribution in [3.8, 4) is 11.8 Å². The van der Waals surface area contributed by atoms with Crippen molar-refractivity contribution in [2.45, 2.75) is 6.54 Å². The first kappa shape index (κ1) is 19.1. The summed E-state index contributed by atoms with van der Waals surface area (Å²) in [6, 6.07) is 15.6. The lowest BCUT2D eigenvalue weighted by molar-refractivity contribution is -0.123. The van der Waals surface area contributed by atoms with Gasteiger partial charge in [0.1, 0.15) is 6.61 Å². The normalized spacial score (nSPS) is 12.3. The second kappa shape index (κ2) is 9.89. The molecule has 0 aromatic heterocycles. The molecule has 0 bridgehead atoms. The number of para-hydroxylation sites is 1. The molecule has 2 aromatic rings. The minimum Gasteiger partial charge on any atom is -0.378 e. The number of benzene rings is 2. The fourth-order valence-corrected chi connectivity index (χ4v) is 2.84. The molecule has 2 aromatic carbocycles. The topological polar surface area (TPSA) is 50.8 Å². The van der Waals surface area contributed by atoms with E-state index in [2.05, 4.69) is 17.2 Å². The molecule has 27 heavy (non-hydrogen) atoms. The van der Waals surface area contributed by atoms with Crippen molar-refractivity contribution in [1.29, 1.82) is 0 Å². The van der Waals surface area contributed by atoms with Crippen LogP contribution < -0.4 is 10.2 Å². The van der Waals surface area contributed by atoms with Gasteiger partial charge in [0, 0.05) is 17.7 Å². The molecular formula is C22H24N2O3. The summed E-state index contributed by atoms with van der Waals surface area (Å²) in [7, 11) is 1.88. The molecule has 0 unspecified atom stereocenters. The van der Waals surface area contributed by atoms with Gasteiger partial charge in [-0.25, -0.2) is 0 Å². The minimum absolute atomic E-state index is 0.0132. The van der Waals surface area contributed by atoms with Gasteiger partial charge in [-0.1, -0.05) is 42.2 Å². The Balaban J connectivity index is 1.69. The zero-order valence-corrected chi connectivity index (χ0v) is 15.5. The zero-order chi connectivity index (χ0) is 18.9. The Morgan fingerprint density at radius 2 is 1.70 bits per heavy atom. The number of likely N-dealkylation sites (N-methyl/N-ethyl adjacent to an activating group) is 1. The van der Waals surface area contributed by atoms with Crippen LogP contribution in [0, 0.1) is 11.8 Å². The van der Waals surface area contributed by atoms with Gasteiger partial charge in [-0.2, -0.15) is 0 Å². The van der Waals surface area contributed by atoms with Crippen molar-refractivity contribution in [1.82, 2.24) is 5.32 Å². The van der Waals surface area contributed by atoms with Crippen LogP contribution in [0.15, 0.2) is 48.5 Å². The van der Waals surface area contributed by atoms with Gasteiger partial charge in [0.05, 0.1) is 32.1 Å². The number of ether oxygens (including phenoxy) is 2. The van der Waals surface area contributed by atoms with E-state index >= 15 is 0 Å². The Morgan fingerprint density at radius 1 is 1.00 bits per heavy atom. The number of fused-ring (bicyclic) bond motifs is 2. The van der Waals surface area contributed by atoms with Crippen LogP contribution >= 0.6 is 0 Å². The van der Waals surface area contributed by atoms with Gasteiger partial charge in [0.15, 0.2) is 0 Å². The van der Waals surface area contributed by atoms with Crippen molar-refractivity contribution in [2.75, 3.05) is 44.9 Å². The van der Waals surface area contributed by atoms with E-state index in [0.29, 0.717) is 26.4 Å². The Kier molecular flexibility index (Phi) is 7.00. The first-order valence-corrected chi connectivity index (χ1v) is 9.09. The van der Waals surface area contributed by atoms with Crippen LogP contribution in [0.5, 0.6) is 0 Å². The van der Waals surface area contributed by atoms with Crippen LogP contribution in [0.2, 0.25) is 0 Å². The van der Waals surface area contributed by atoms with Crippen LogP contribution in [-0.2, 0) is 20.8 Å². The number of amides is 1. The highest BCUT2D eigenvalue weighted by atomic mass is 16.5. The number of hydrogen-bond donors (Lipinski definition) is 1. The minimum atomic E-state index is -0.0869. The van der Waals surface area contributed by atoms with Gasteiger partial charge in [-0.3, -0.25) is 4.79 Å². The average Bonchev–Trinajstić information content (AvgIpc) is 2.69. The van der Waals surface area contributed by atoms with Gasteiger partial charge in [0.25, 0.3) is 5.91 Å². The summed E-state index contributed by atoms with van der Waals surface area (Å²) in [5, 5.41) is 3.01. The summed E-state index contributed by atoms with van der Waals surface area (Å²) < 4.78 is 10.9. The summed E-state index contributed by atoms with van der Waals surface area (Å²) in [6.45, 7) is 2.77. The van der Waals surface area contributed by atoms with E-state index < -0.39 is 0 Å². The summed E-state index contributed by atoms with van der Waals surface area (Å²) in [5.41, 5.74) is 3.64. The molecule has 0 fully saturated rings. The molecule has 0 spiro atoms. The number of nitrogens with zero attached hydrogens (tertiary/aromatic N) is 1. The second-order valence-electron chi connectivity index (χ2n) is 6.17. The van der Waals surface area contributed by atoms with Crippen LogP contribution in [0.1, 0.15) is 16.7 Å². The number of nitrogens with one attached hydrogen (secondary N) is 1. The van der Waals surface area contributed by atoms with E-state index in [0.717, 1.165) is 28.9 Å². The lowest BCUT2D eigenvalue weighted by Crippen LogP contribution is -2.35. The number of rotatable bonds is 8. The van der Waals surface area contributed by atoms with Crippen LogP contribution in [-0.4, -0.2) is 45.9 Å². The van der Waals surface area contributed by atoms with E-state index in [4.69, 9.17) is 9.47 Å². The number of hydrogen-bond acceptors (Lipinski definition) is 4. The van der Waals surface area contributed by atoms with Crippen LogP contribution in [0.25, 0.3) is 0 Å². The third-order valence-corrected chi connectivity index (χ3v) is 4.27. The summed E-state index contributed by atoms with van der Waals surface area (Å²) >= 11 is 0. The molecule has 1 aliphatic rings. The molecule has 0 saturated heterocycles. The molecule has 0 radical (unpaired) electrons. The van der Waals surface area contributed by atoms with Crippen LogP contribution in [0.4, 0.5) is 5.69 Å². The van der Waals surface area contributed by atoms with E-state index in [1.165, 1.54) is 0 Å². The SMILES string of the molecule is CNCCOCCOCC(=O)N1Cc2ccccc2C#Cc2ccccc21. The molecule has 5 heteroatoms. The highest BCUT2D eigenvalue weighted by Crippen LogP contribution is 2.25. The monoisotopic (exact) mass is 364 g/mol. The summed E-state index contributed by atoms with van der Waals surface area (Å²) in [4.78, 5) is 14.6. The van der Waals surface area contributed by atoms with Crippen molar-refractivity contribution >= 4 is 11.6 Å². The fraction of sp³-hybridized carbons (Fsp3) is 0.318. The van der Waals surface area contributed by atoms with Gasteiger partial charge in [-0.15, -0.1) is 0 Å². The first-order chi connectivity index (χ1) is 13.3. The molecule has 1 amide bonds. The van der Waals surface area contributed by atoms with Gasteiger partial charge in [-0.05, 0) is 30.8 Å². The van der Waals surface area contributed by atoms with Crippen LogP contribution in [0.3, 0.4) is 0 Å². The van der Waals surface area contributed by atoms with E-state index in [-0.39, 0.29) is 12.5 Å². The van der Waals surface area contributed by atoms with Crippen molar-refractivity contribution < 1.29 is 14.3 Å². The first-order valence-electron chi connectivity index (χ1n) is 9.09. The van der Waals surface area contributed by atoms with Crippen molar-refractivity contribution in [3.05, 3.63) is 65.2 Å². The van der Waals surface area contributed by atoms with E-state index in [1.54, 1.807) is 4.90 Å². The maximum absolute atomic E-state index is 12.9. The standard InChI is InChI=1S/C22H24N2O3/c1-23-12-13-26-14-15-27-17-22(25)24-16-20-8-3-2-6-18(20)10-11-19-7-4-5-9-21(19)24/h2-9,23H,12-17H2,1H3. The number of anilines is 1. The lowest BCUT2D eigenvalue weighted by atomic mass is 10.0. The molecule has 5 nitrogen and oxygen atoms in total. The lowest BCUT2D eigenvalue weighted by Gasteiger charge is -2.26. The van der Waals surface area contributed by atoms with Gasteiger partial charge in [0.2, 0.25) is 0 Å².